The summed E-state index contributed by atoms with van der Waals surface area (Å²) in [6, 6.07) is 0.740. The lowest BCUT2D eigenvalue weighted by Crippen LogP contribution is -2.31. The Labute approximate surface area is 94.8 Å². The molecular formula is C13H27NO. The second-order valence-electron chi connectivity index (χ2n) is 5.16. The van der Waals surface area contributed by atoms with Crippen molar-refractivity contribution in [3.05, 3.63) is 0 Å². The highest BCUT2D eigenvalue weighted by Crippen LogP contribution is 2.28. The van der Waals surface area contributed by atoms with Gasteiger partial charge >= 0.3 is 0 Å². The van der Waals surface area contributed by atoms with E-state index in [-0.39, 0.29) is 0 Å². The molecule has 0 aliphatic heterocycles. The zero-order valence-electron chi connectivity index (χ0n) is 10.6. The molecule has 0 bridgehead atoms. The number of rotatable bonds is 5. The Bertz CT molecular complexity index is 159. The molecule has 0 spiro atoms. The maximum Gasteiger partial charge on any atom is 0.0587 e. The zero-order valence-corrected chi connectivity index (χ0v) is 10.6. The van der Waals surface area contributed by atoms with Crippen LogP contribution >= 0.6 is 0 Å². The maximum atomic E-state index is 5.06. The first-order valence-electron chi connectivity index (χ1n) is 6.46. The first kappa shape index (κ1) is 13.0. The van der Waals surface area contributed by atoms with Gasteiger partial charge in [-0.2, -0.15) is 0 Å². The highest BCUT2D eigenvalue weighted by molar-refractivity contribution is 4.76. The van der Waals surface area contributed by atoms with Crippen molar-refractivity contribution < 1.29 is 4.74 Å². The van der Waals surface area contributed by atoms with Gasteiger partial charge in [0, 0.05) is 19.7 Å². The van der Waals surface area contributed by atoms with E-state index in [9.17, 15) is 0 Å². The highest BCUT2D eigenvalue weighted by atomic mass is 16.5. The normalized spacial score (nSPS) is 28.0. The molecule has 1 N–H and O–H groups in total. The quantitative estimate of drug-likeness (QED) is 0.560. The van der Waals surface area contributed by atoms with Crippen LogP contribution in [0, 0.1) is 11.8 Å². The van der Waals surface area contributed by atoms with E-state index in [1.807, 2.05) is 0 Å². The van der Waals surface area contributed by atoms with Crippen LogP contribution in [0.5, 0.6) is 0 Å². The summed E-state index contributed by atoms with van der Waals surface area (Å²) in [5.74, 6) is 1.82. The van der Waals surface area contributed by atoms with Crippen molar-refractivity contribution in [1.82, 2.24) is 5.32 Å². The molecule has 0 saturated heterocycles. The van der Waals surface area contributed by atoms with Crippen molar-refractivity contribution in [3.63, 3.8) is 0 Å². The SMILES string of the molecule is COCCNC1CCCC(C(C)C)CC1. The summed E-state index contributed by atoms with van der Waals surface area (Å²) in [6.07, 6.45) is 6.94. The average molecular weight is 213 g/mol. The number of nitrogens with one attached hydrogen (secondary N) is 1. The van der Waals surface area contributed by atoms with Crippen molar-refractivity contribution in [3.8, 4) is 0 Å². The first-order valence-corrected chi connectivity index (χ1v) is 6.46. The molecule has 1 saturated carbocycles. The standard InChI is InChI=1S/C13H27NO/c1-11(2)12-5-4-6-13(8-7-12)14-9-10-15-3/h11-14H,4-10H2,1-3H3. The van der Waals surface area contributed by atoms with E-state index in [1.165, 1.54) is 32.1 Å². The minimum absolute atomic E-state index is 0.740. The van der Waals surface area contributed by atoms with Gasteiger partial charge < -0.3 is 10.1 Å². The molecular weight excluding hydrogens is 186 g/mol. The van der Waals surface area contributed by atoms with Gasteiger partial charge in [0.05, 0.1) is 6.61 Å². The molecule has 1 rings (SSSR count). The first-order chi connectivity index (χ1) is 7.24. The third-order valence-corrected chi connectivity index (χ3v) is 3.70. The van der Waals surface area contributed by atoms with Crippen LogP contribution in [-0.2, 0) is 4.74 Å². The van der Waals surface area contributed by atoms with Gasteiger partial charge in [0.2, 0.25) is 0 Å². The van der Waals surface area contributed by atoms with E-state index in [0.717, 1.165) is 31.0 Å². The fourth-order valence-corrected chi connectivity index (χ4v) is 2.57. The van der Waals surface area contributed by atoms with Crippen LogP contribution in [0.3, 0.4) is 0 Å². The molecule has 2 atom stereocenters. The van der Waals surface area contributed by atoms with Crippen LogP contribution in [0.4, 0.5) is 0 Å². The summed E-state index contributed by atoms with van der Waals surface area (Å²) in [7, 11) is 1.77. The Kier molecular flexibility index (Phi) is 6.26. The van der Waals surface area contributed by atoms with Gasteiger partial charge in [-0.05, 0) is 31.1 Å². The van der Waals surface area contributed by atoms with Crippen LogP contribution < -0.4 is 5.32 Å². The highest BCUT2D eigenvalue weighted by Gasteiger charge is 2.20. The number of methoxy groups -OCH3 is 1. The van der Waals surface area contributed by atoms with Crippen LogP contribution in [0.2, 0.25) is 0 Å². The maximum absolute atomic E-state index is 5.06. The fraction of sp³-hybridized carbons (Fsp3) is 1.00. The number of hydrogen-bond acceptors (Lipinski definition) is 2. The molecule has 15 heavy (non-hydrogen) atoms. The second-order valence-corrected chi connectivity index (χ2v) is 5.16. The summed E-state index contributed by atoms with van der Waals surface area (Å²) in [6.45, 7) is 6.57. The number of ether oxygens (including phenoxy) is 1. The second kappa shape index (κ2) is 7.24. The van der Waals surface area contributed by atoms with E-state index in [2.05, 4.69) is 19.2 Å². The smallest absolute Gasteiger partial charge is 0.0587 e. The van der Waals surface area contributed by atoms with Crippen LogP contribution in [-0.4, -0.2) is 26.3 Å². The van der Waals surface area contributed by atoms with Gasteiger partial charge in [-0.3, -0.25) is 0 Å². The lowest BCUT2D eigenvalue weighted by molar-refractivity contribution is 0.194. The molecule has 0 aromatic heterocycles. The summed E-state index contributed by atoms with van der Waals surface area (Å²) in [5, 5.41) is 3.60. The summed E-state index contributed by atoms with van der Waals surface area (Å²) < 4.78 is 5.06. The van der Waals surface area contributed by atoms with Crippen LogP contribution in [0.1, 0.15) is 46.0 Å². The van der Waals surface area contributed by atoms with Crippen LogP contribution in [0.25, 0.3) is 0 Å². The molecule has 0 heterocycles. The molecule has 1 aliphatic rings. The van der Waals surface area contributed by atoms with E-state index in [1.54, 1.807) is 7.11 Å². The topological polar surface area (TPSA) is 21.3 Å². The Hall–Kier alpha value is -0.0800. The van der Waals surface area contributed by atoms with Gasteiger partial charge in [-0.25, -0.2) is 0 Å². The Morgan fingerprint density at radius 2 is 2.00 bits per heavy atom. The molecule has 1 fully saturated rings. The van der Waals surface area contributed by atoms with Crippen molar-refractivity contribution in [2.75, 3.05) is 20.3 Å². The Balaban J connectivity index is 2.20. The lowest BCUT2D eigenvalue weighted by Gasteiger charge is -2.19. The molecule has 2 nitrogen and oxygen atoms in total. The minimum Gasteiger partial charge on any atom is -0.383 e. The number of hydrogen-bond donors (Lipinski definition) is 1. The van der Waals surface area contributed by atoms with E-state index in [0.29, 0.717) is 0 Å². The third-order valence-electron chi connectivity index (χ3n) is 3.70. The minimum atomic E-state index is 0.740. The monoisotopic (exact) mass is 213 g/mol. The zero-order chi connectivity index (χ0) is 11.1. The van der Waals surface area contributed by atoms with E-state index < -0.39 is 0 Å². The molecule has 0 amide bonds. The summed E-state index contributed by atoms with van der Waals surface area (Å²) >= 11 is 0. The van der Waals surface area contributed by atoms with E-state index in [4.69, 9.17) is 4.74 Å². The molecule has 0 radical (unpaired) electrons. The molecule has 2 heteroatoms. The molecule has 0 aromatic carbocycles. The largest absolute Gasteiger partial charge is 0.383 e. The van der Waals surface area contributed by atoms with Crippen LogP contribution in [0.15, 0.2) is 0 Å². The summed E-state index contributed by atoms with van der Waals surface area (Å²) in [4.78, 5) is 0. The molecule has 0 aromatic rings. The lowest BCUT2D eigenvalue weighted by atomic mass is 9.89. The van der Waals surface area contributed by atoms with Gasteiger partial charge in [-0.1, -0.05) is 26.7 Å². The van der Waals surface area contributed by atoms with Crippen molar-refractivity contribution in [1.29, 1.82) is 0 Å². The van der Waals surface area contributed by atoms with Gasteiger partial charge in [0.25, 0.3) is 0 Å². The van der Waals surface area contributed by atoms with Gasteiger partial charge in [0.1, 0.15) is 0 Å². The van der Waals surface area contributed by atoms with Gasteiger partial charge in [-0.15, -0.1) is 0 Å². The van der Waals surface area contributed by atoms with Gasteiger partial charge in [0.15, 0.2) is 0 Å². The van der Waals surface area contributed by atoms with E-state index >= 15 is 0 Å². The van der Waals surface area contributed by atoms with Crippen molar-refractivity contribution in [2.24, 2.45) is 11.8 Å². The van der Waals surface area contributed by atoms with Crippen molar-refractivity contribution >= 4 is 0 Å². The predicted octanol–water partition coefficient (Wildman–Crippen LogP) is 2.83. The third kappa shape index (κ3) is 4.98. The summed E-state index contributed by atoms with van der Waals surface area (Å²) in [5.41, 5.74) is 0. The molecule has 90 valence electrons. The predicted molar refractivity (Wildman–Crippen MR) is 65.1 cm³/mol. The Morgan fingerprint density at radius 3 is 2.67 bits per heavy atom. The fourth-order valence-electron chi connectivity index (χ4n) is 2.57. The molecule has 1 aliphatic carbocycles. The van der Waals surface area contributed by atoms with Crippen molar-refractivity contribution in [2.45, 2.75) is 52.0 Å². The Morgan fingerprint density at radius 1 is 1.20 bits per heavy atom. The average Bonchev–Trinajstić information content (AvgIpc) is 2.44. The molecule has 2 unspecified atom stereocenters.